The number of fused-ring (bicyclic) bond motifs is 3. The van der Waals surface area contributed by atoms with Gasteiger partial charge in [0.2, 0.25) is 5.91 Å². The zero-order valence-electron chi connectivity index (χ0n) is 23.0. The molecule has 13 heteroatoms. The minimum absolute atomic E-state index is 0.0958. The first-order chi connectivity index (χ1) is 18.3. The molecule has 0 spiro atoms. The van der Waals surface area contributed by atoms with Gasteiger partial charge in [-0.1, -0.05) is 6.92 Å². The first kappa shape index (κ1) is 29.8. The number of amides is 1. The van der Waals surface area contributed by atoms with Gasteiger partial charge in [0.15, 0.2) is 0 Å². The van der Waals surface area contributed by atoms with Crippen LogP contribution < -0.4 is 10.7 Å². The number of alkyl halides is 4. The maximum Gasteiger partial charge on any atom is 0.409 e. The first-order valence-electron chi connectivity index (χ1n) is 14.5. The Hall–Kier alpha value is -0.660. The molecule has 0 aromatic heterocycles. The van der Waals surface area contributed by atoms with E-state index < -0.39 is 39.8 Å². The minimum atomic E-state index is -4.55. The van der Waals surface area contributed by atoms with Gasteiger partial charge < -0.3 is 4.90 Å². The number of hydrogen-bond acceptors (Lipinski definition) is 7. The molecule has 0 bridgehead atoms. The smallest absolute Gasteiger partial charge is 0.333 e. The second-order valence-electron chi connectivity index (χ2n) is 12.6. The molecule has 224 valence electrons. The van der Waals surface area contributed by atoms with Crippen LogP contribution in [0.25, 0.3) is 0 Å². The van der Waals surface area contributed by atoms with Crippen LogP contribution in [0.2, 0.25) is 0 Å². The molecule has 0 aromatic rings. The highest BCUT2D eigenvalue weighted by molar-refractivity contribution is 7.91. The third kappa shape index (κ3) is 5.98. The maximum absolute atomic E-state index is 14.5. The molecular formula is C26H43ClF3N5O3S. The van der Waals surface area contributed by atoms with Crippen molar-refractivity contribution in [2.45, 2.75) is 113 Å². The average Bonchev–Trinajstić information content (AvgIpc) is 3.24. The van der Waals surface area contributed by atoms with E-state index in [2.05, 4.69) is 27.6 Å². The number of hydrogen-bond donors (Lipinski definition) is 2. The summed E-state index contributed by atoms with van der Waals surface area (Å²) in [5.41, 5.74) is 3.31. The molecule has 4 saturated heterocycles. The summed E-state index contributed by atoms with van der Waals surface area (Å²) in [5, 5.41) is 5.90. The molecule has 4 aliphatic heterocycles. The summed E-state index contributed by atoms with van der Waals surface area (Å²) in [6.07, 6.45) is 0.501. The topological polar surface area (TPSA) is 85.0 Å². The first-order valence-corrected chi connectivity index (χ1v) is 16.8. The molecule has 2 N–H and O–H groups in total. The molecule has 5 aliphatic rings. The number of piperidine rings is 1. The molecule has 8 nitrogen and oxygen atoms in total. The Morgan fingerprint density at radius 3 is 2.36 bits per heavy atom. The highest BCUT2D eigenvalue weighted by Gasteiger charge is 2.54. The number of nitrogens with one attached hydrogen (secondary N) is 2. The van der Waals surface area contributed by atoms with Crippen molar-refractivity contribution in [1.82, 2.24) is 25.6 Å². The zero-order valence-corrected chi connectivity index (χ0v) is 24.6. The standard InChI is InChI=1S/C26H43ClF3N5O3S/c1-15-12-18(34-16(2)4-7-20-21(34)14-31-23-13-22(27)32-35(20)23)5-6-19(15)24(26(28,29)30)33(3)25(36)17-8-10-39(37,38)11-9-17/h15-24,31-32H,4-14H2,1-3H3/t15?,16-,18?,19?,20?,21?,22?,23?,24+/m1/s1. The van der Waals surface area contributed by atoms with Crippen LogP contribution in [0.3, 0.4) is 0 Å². The van der Waals surface area contributed by atoms with Crippen molar-refractivity contribution < 1.29 is 26.4 Å². The molecule has 5 rings (SSSR count). The molecule has 0 radical (unpaired) electrons. The fraction of sp³-hybridized carbons (Fsp3) is 0.962. The number of rotatable bonds is 4. The Balaban J connectivity index is 1.28. The summed E-state index contributed by atoms with van der Waals surface area (Å²) < 4.78 is 67.2. The van der Waals surface area contributed by atoms with Crippen LogP contribution in [-0.2, 0) is 14.6 Å². The van der Waals surface area contributed by atoms with Crippen LogP contribution in [0.1, 0.15) is 65.2 Å². The number of carbonyl (C=O) groups excluding carboxylic acids is 1. The largest absolute Gasteiger partial charge is 0.409 e. The van der Waals surface area contributed by atoms with E-state index in [1.807, 2.05) is 6.92 Å². The average molecular weight is 598 g/mol. The Bertz CT molecular complexity index is 1010. The lowest BCUT2D eigenvalue weighted by Crippen LogP contribution is -2.71. The van der Waals surface area contributed by atoms with Crippen molar-refractivity contribution in [2.24, 2.45) is 17.8 Å². The number of hydrazine groups is 1. The van der Waals surface area contributed by atoms with Gasteiger partial charge in [-0.15, -0.1) is 11.6 Å². The van der Waals surface area contributed by atoms with Crippen molar-refractivity contribution >= 4 is 27.3 Å². The Labute approximate surface area is 235 Å². The summed E-state index contributed by atoms with van der Waals surface area (Å²) in [7, 11) is -1.95. The predicted molar refractivity (Wildman–Crippen MR) is 143 cm³/mol. The number of carbonyl (C=O) groups is 1. The second-order valence-corrected chi connectivity index (χ2v) is 15.5. The lowest BCUT2D eigenvalue weighted by Gasteiger charge is -2.56. The van der Waals surface area contributed by atoms with Crippen LogP contribution in [0.5, 0.6) is 0 Å². The normalized spacial score (nSPS) is 41.0. The van der Waals surface area contributed by atoms with Gasteiger partial charge in [-0.2, -0.15) is 13.2 Å². The van der Waals surface area contributed by atoms with Crippen molar-refractivity contribution in [2.75, 3.05) is 25.1 Å². The van der Waals surface area contributed by atoms with Crippen LogP contribution in [0.4, 0.5) is 13.2 Å². The number of likely N-dealkylation sites (tertiary alicyclic amines) is 1. The molecule has 39 heavy (non-hydrogen) atoms. The van der Waals surface area contributed by atoms with Crippen LogP contribution >= 0.6 is 11.6 Å². The van der Waals surface area contributed by atoms with Gasteiger partial charge in [-0.3, -0.25) is 15.0 Å². The van der Waals surface area contributed by atoms with Crippen molar-refractivity contribution in [3.63, 3.8) is 0 Å². The van der Waals surface area contributed by atoms with E-state index in [9.17, 15) is 26.4 Å². The third-order valence-electron chi connectivity index (χ3n) is 10.2. The Morgan fingerprint density at radius 1 is 1.03 bits per heavy atom. The fourth-order valence-electron chi connectivity index (χ4n) is 8.30. The van der Waals surface area contributed by atoms with E-state index in [0.717, 1.165) is 30.7 Å². The van der Waals surface area contributed by atoms with Crippen molar-refractivity contribution in [1.29, 1.82) is 0 Å². The minimum Gasteiger partial charge on any atom is -0.333 e. The number of nitrogens with zero attached hydrogens (tertiary/aromatic N) is 3. The molecule has 7 unspecified atom stereocenters. The van der Waals surface area contributed by atoms with Crippen molar-refractivity contribution in [3.05, 3.63) is 0 Å². The lowest BCUT2D eigenvalue weighted by molar-refractivity contribution is -0.207. The van der Waals surface area contributed by atoms with E-state index in [1.54, 1.807) is 0 Å². The van der Waals surface area contributed by atoms with E-state index in [1.165, 1.54) is 7.05 Å². The van der Waals surface area contributed by atoms with Gasteiger partial charge >= 0.3 is 6.18 Å². The van der Waals surface area contributed by atoms with Crippen molar-refractivity contribution in [3.8, 4) is 0 Å². The quantitative estimate of drug-likeness (QED) is 0.381. The molecule has 9 atom stereocenters. The maximum atomic E-state index is 14.5. The molecular weight excluding hydrogens is 555 g/mol. The zero-order chi connectivity index (χ0) is 28.3. The molecule has 1 saturated carbocycles. The second kappa shape index (κ2) is 11.2. The number of sulfone groups is 1. The van der Waals surface area contributed by atoms with Gasteiger partial charge in [-0.05, 0) is 63.7 Å². The van der Waals surface area contributed by atoms with Gasteiger partial charge in [0.25, 0.3) is 0 Å². The third-order valence-corrected chi connectivity index (χ3v) is 12.2. The van der Waals surface area contributed by atoms with Gasteiger partial charge in [-0.25, -0.2) is 18.9 Å². The molecule has 1 aliphatic carbocycles. The lowest BCUT2D eigenvalue weighted by atomic mass is 9.72. The van der Waals surface area contributed by atoms with Gasteiger partial charge in [0, 0.05) is 50.1 Å². The Morgan fingerprint density at radius 2 is 1.72 bits per heavy atom. The summed E-state index contributed by atoms with van der Waals surface area (Å²) in [6.45, 7) is 4.98. The predicted octanol–water partition coefficient (Wildman–Crippen LogP) is 2.93. The molecule has 5 fully saturated rings. The van der Waals surface area contributed by atoms with E-state index in [-0.39, 0.29) is 54.0 Å². The van der Waals surface area contributed by atoms with Crippen LogP contribution in [0, 0.1) is 17.8 Å². The monoisotopic (exact) mass is 597 g/mol. The molecule has 4 heterocycles. The van der Waals surface area contributed by atoms with E-state index in [4.69, 9.17) is 11.6 Å². The molecule has 1 amide bonds. The highest BCUT2D eigenvalue weighted by atomic mass is 35.5. The summed E-state index contributed by atoms with van der Waals surface area (Å²) >= 11 is 6.39. The fourth-order valence-corrected chi connectivity index (χ4v) is 10.1. The van der Waals surface area contributed by atoms with Gasteiger partial charge in [0.1, 0.15) is 15.9 Å². The van der Waals surface area contributed by atoms with Crippen LogP contribution in [-0.4, -0.2) is 102 Å². The van der Waals surface area contributed by atoms with E-state index >= 15 is 0 Å². The van der Waals surface area contributed by atoms with Gasteiger partial charge in [0.05, 0.1) is 23.2 Å². The summed E-state index contributed by atoms with van der Waals surface area (Å²) in [5.74, 6) is -2.43. The SMILES string of the molecule is CC1CC(N2C3CNC4CC(Cl)NN4C3CC[C@H]2C)CCC1[C@H](N(C)C(=O)C1CCS(=O)(=O)CC1)C(F)(F)F. The summed E-state index contributed by atoms with van der Waals surface area (Å²) in [4.78, 5) is 16.6. The summed E-state index contributed by atoms with van der Waals surface area (Å²) in [6, 6.07) is -0.755. The van der Waals surface area contributed by atoms with E-state index in [0.29, 0.717) is 31.3 Å². The highest BCUT2D eigenvalue weighted by Crippen LogP contribution is 2.45. The Kier molecular flexibility index (Phi) is 8.57. The molecule has 0 aromatic carbocycles. The van der Waals surface area contributed by atoms with Crippen LogP contribution in [0.15, 0.2) is 0 Å². The number of halogens is 4.